The molecule has 5 nitrogen and oxygen atoms in total. The van der Waals surface area contributed by atoms with Crippen molar-refractivity contribution in [3.8, 4) is 0 Å². The largest absolute Gasteiger partial charge is 0.351 e. The number of nitrogens with zero attached hydrogens (tertiary/aromatic N) is 3. The van der Waals surface area contributed by atoms with Crippen molar-refractivity contribution in [3.63, 3.8) is 0 Å². The van der Waals surface area contributed by atoms with Gasteiger partial charge in [0.05, 0.1) is 15.9 Å². The summed E-state index contributed by atoms with van der Waals surface area (Å²) in [7, 11) is 1.91. The Labute approximate surface area is 119 Å². The van der Waals surface area contributed by atoms with Crippen LogP contribution in [0.3, 0.4) is 0 Å². The van der Waals surface area contributed by atoms with Crippen molar-refractivity contribution < 1.29 is 9.32 Å². The van der Waals surface area contributed by atoms with Gasteiger partial charge in [-0.05, 0) is 25.5 Å². The lowest BCUT2D eigenvalue weighted by atomic mass is 10.2. The molecule has 0 spiro atoms. The highest BCUT2D eigenvalue weighted by atomic mass is 32.1. The minimum atomic E-state index is -0.412. The average Bonchev–Trinajstić information content (AvgIpc) is 2.96. The number of benzene rings is 1. The molecule has 0 aliphatic heterocycles. The molecule has 0 saturated heterocycles. The average molecular weight is 287 g/mol. The molecule has 0 atom stereocenters. The van der Waals surface area contributed by atoms with Gasteiger partial charge in [-0.1, -0.05) is 28.6 Å². The summed E-state index contributed by atoms with van der Waals surface area (Å²) in [6, 6.07) is 7.65. The SMILES string of the molecule is Cc1cc(C(=O)N=c2sc3cccc(C)c3n2C)on1. The third-order valence-corrected chi connectivity index (χ3v) is 4.16. The lowest BCUT2D eigenvalue weighted by molar-refractivity contribution is 0.0962. The molecular weight excluding hydrogens is 274 g/mol. The van der Waals surface area contributed by atoms with Gasteiger partial charge in [-0.15, -0.1) is 0 Å². The Morgan fingerprint density at radius 1 is 1.40 bits per heavy atom. The van der Waals surface area contributed by atoms with Crippen molar-refractivity contribution in [1.29, 1.82) is 0 Å². The maximum Gasteiger partial charge on any atom is 0.318 e. The van der Waals surface area contributed by atoms with Gasteiger partial charge in [-0.3, -0.25) is 4.79 Å². The van der Waals surface area contributed by atoms with Crippen molar-refractivity contribution in [1.82, 2.24) is 9.72 Å². The number of hydrogen-bond acceptors (Lipinski definition) is 4. The second kappa shape index (κ2) is 4.72. The standard InChI is InChI=1S/C14H13N3O2S/c1-8-5-4-6-11-12(8)17(3)14(20-11)15-13(18)10-7-9(2)16-19-10/h4-7H,1-3H3. The summed E-state index contributed by atoms with van der Waals surface area (Å²) in [5.74, 6) is -0.248. The van der Waals surface area contributed by atoms with Crippen LogP contribution in [0, 0.1) is 13.8 Å². The van der Waals surface area contributed by atoms with E-state index in [9.17, 15) is 4.79 Å². The van der Waals surface area contributed by atoms with Crippen LogP contribution in [0.4, 0.5) is 0 Å². The number of fused-ring (bicyclic) bond motifs is 1. The van der Waals surface area contributed by atoms with Crippen LogP contribution in [0.2, 0.25) is 0 Å². The molecule has 2 aromatic heterocycles. The van der Waals surface area contributed by atoms with Gasteiger partial charge in [0.25, 0.3) is 0 Å². The van der Waals surface area contributed by atoms with Crippen LogP contribution in [0.1, 0.15) is 21.8 Å². The summed E-state index contributed by atoms with van der Waals surface area (Å²) < 4.78 is 7.97. The van der Waals surface area contributed by atoms with Gasteiger partial charge in [0.1, 0.15) is 0 Å². The normalized spacial score (nSPS) is 12.2. The molecule has 2 heterocycles. The first kappa shape index (κ1) is 12.8. The van der Waals surface area contributed by atoms with Gasteiger partial charge in [0.2, 0.25) is 5.76 Å². The minimum absolute atomic E-state index is 0.164. The van der Waals surface area contributed by atoms with Crippen LogP contribution in [0.15, 0.2) is 33.8 Å². The molecule has 20 heavy (non-hydrogen) atoms. The maximum atomic E-state index is 12.0. The van der Waals surface area contributed by atoms with Crippen molar-refractivity contribution in [3.05, 3.63) is 46.1 Å². The number of rotatable bonds is 1. The Kier molecular flexibility index (Phi) is 3.02. The van der Waals surface area contributed by atoms with Crippen LogP contribution < -0.4 is 4.80 Å². The number of para-hydroxylation sites is 1. The first-order chi connectivity index (χ1) is 9.56. The van der Waals surface area contributed by atoms with Crippen molar-refractivity contribution in [2.45, 2.75) is 13.8 Å². The van der Waals surface area contributed by atoms with Crippen LogP contribution in [0.5, 0.6) is 0 Å². The van der Waals surface area contributed by atoms with Gasteiger partial charge in [-0.25, -0.2) is 0 Å². The highest BCUT2D eigenvalue weighted by Crippen LogP contribution is 2.19. The number of carbonyl (C=O) groups excluding carboxylic acids is 1. The fourth-order valence-corrected chi connectivity index (χ4v) is 3.21. The highest BCUT2D eigenvalue weighted by Gasteiger charge is 2.12. The quantitative estimate of drug-likeness (QED) is 0.691. The van der Waals surface area contributed by atoms with Crippen LogP contribution >= 0.6 is 11.3 Å². The van der Waals surface area contributed by atoms with E-state index in [2.05, 4.69) is 10.1 Å². The van der Waals surface area contributed by atoms with Crippen LogP contribution in [-0.4, -0.2) is 15.6 Å². The highest BCUT2D eigenvalue weighted by molar-refractivity contribution is 7.16. The monoisotopic (exact) mass is 287 g/mol. The minimum Gasteiger partial charge on any atom is -0.351 e. The molecule has 0 radical (unpaired) electrons. The van der Waals surface area contributed by atoms with Gasteiger partial charge >= 0.3 is 5.91 Å². The third-order valence-electron chi connectivity index (χ3n) is 3.06. The Balaban J connectivity index is 2.15. The Hall–Kier alpha value is -2.21. The second-order valence-corrected chi connectivity index (χ2v) is 5.62. The van der Waals surface area contributed by atoms with Gasteiger partial charge in [0.15, 0.2) is 4.80 Å². The molecule has 0 bridgehead atoms. The number of carbonyl (C=O) groups is 1. The zero-order valence-corrected chi connectivity index (χ0v) is 12.2. The Bertz CT molecular complexity index is 870. The van der Waals surface area contributed by atoms with E-state index in [4.69, 9.17) is 4.52 Å². The molecule has 0 N–H and O–H groups in total. The predicted molar refractivity (Wildman–Crippen MR) is 76.7 cm³/mol. The Morgan fingerprint density at radius 3 is 2.85 bits per heavy atom. The van der Waals surface area contributed by atoms with Gasteiger partial charge < -0.3 is 9.09 Å². The number of aryl methyl sites for hydroxylation is 3. The van der Waals surface area contributed by atoms with E-state index >= 15 is 0 Å². The molecule has 0 aliphatic carbocycles. The summed E-state index contributed by atoms with van der Waals surface area (Å²) >= 11 is 1.48. The molecule has 1 aromatic carbocycles. The fourth-order valence-electron chi connectivity index (χ4n) is 2.11. The first-order valence-electron chi connectivity index (χ1n) is 6.14. The topological polar surface area (TPSA) is 60.4 Å². The van der Waals surface area contributed by atoms with Gasteiger partial charge in [0, 0.05) is 13.1 Å². The Morgan fingerprint density at radius 2 is 2.20 bits per heavy atom. The maximum absolute atomic E-state index is 12.0. The van der Waals surface area contributed by atoms with Crippen molar-refractivity contribution >= 4 is 27.5 Å². The van der Waals surface area contributed by atoms with E-state index in [1.54, 1.807) is 13.0 Å². The number of amides is 1. The fraction of sp³-hybridized carbons (Fsp3) is 0.214. The number of thiazole rings is 1. The lowest BCUT2D eigenvalue weighted by Crippen LogP contribution is -2.13. The second-order valence-electron chi connectivity index (χ2n) is 4.61. The molecule has 3 rings (SSSR count). The third kappa shape index (κ3) is 2.08. The molecule has 3 aromatic rings. The summed E-state index contributed by atoms with van der Waals surface area (Å²) in [5, 5.41) is 3.70. The zero-order chi connectivity index (χ0) is 14.3. The summed E-state index contributed by atoms with van der Waals surface area (Å²) in [6.07, 6.45) is 0. The van der Waals surface area contributed by atoms with E-state index in [1.165, 1.54) is 11.3 Å². The number of aromatic nitrogens is 2. The summed E-state index contributed by atoms with van der Waals surface area (Å²) in [6.45, 7) is 3.81. The number of hydrogen-bond donors (Lipinski definition) is 0. The van der Waals surface area contributed by atoms with Crippen molar-refractivity contribution in [2.24, 2.45) is 12.0 Å². The van der Waals surface area contributed by atoms with E-state index in [0.29, 0.717) is 10.5 Å². The predicted octanol–water partition coefficient (Wildman–Crippen LogP) is 2.59. The van der Waals surface area contributed by atoms with Gasteiger partial charge in [-0.2, -0.15) is 4.99 Å². The van der Waals surface area contributed by atoms with Crippen LogP contribution in [-0.2, 0) is 7.05 Å². The van der Waals surface area contributed by atoms with Crippen LogP contribution in [0.25, 0.3) is 10.2 Å². The van der Waals surface area contributed by atoms with E-state index in [1.807, 2.05) is 36.7 Å². The molecular formula is C14H13N3O2S. The molecule has 0 saturated carbocycles. The van der Waals surface area contributed by atoms with E-state index in [-0.39, 0.29) is 5.76 Å². The van der Waals surface area contributed by atoms with E-state index in [0.717, 1.165) is 15.8 Å². The van der Waals surface area contributed by atoms with Crippen molar-refractivity contribution in [2.75, 3.05) is 0 Å². The summed E-state index contributed by atoms with van der Waals surface area (Å²) in [4.78, 5) is 16.8. The first-order valence-corrected chi connectivity index (χ1v) is 6.95. The summed E-state index contributed by atoms with van der Waals surface area (Å²) in [5.41, 5.74) is 2.92. The van der Waals surface area contributed by atoms with E-state index < -0.39 is 5.91 Å². The molecule has 0 unspecified atom stereocenters. The molecule has 0 aliphatic rings. The lowest BCUT2D eigenvalue weighted by Gasteiger charge is -1.98. The molecule has 102 valence electrons. The molecule has 1 amide bonds. The zero-order valence-electron chi connectivity index (χ0n) is 11.4. The smallest absolute Gasteiger partial charge is 0.318 e. The molecule has 6 heteroatoms. The molecule has 0 fully saturated rings.